The van der Waals surface area contributed by atoms with Crippen LogP contribution in [0.3, 0.4) is 0 Å². The smallest absolute Gasteiger partial charge is 0.272 e. The average Bonchev–Trinajstić information content (AvgIpc) is 2.71. The van der Waals surface area contributed by atoms with Gasteiger partial charge in [0.1, 0.15) is 0 Å². The van der Waals surface area contributed by atoms with Crippen LogP contribution in [0.25, 0.3) is 11.3 Å². The van der Waals surface area contributed by atoms with E-state index >= 15 is 0 Å². The van der Waals surface area contributed by atoms with Gasteiger partial charge in [-0.25, -0.2) is 4.68 Å². The van der Waals surface area contributed by atoms with Gasteiger partial charge in [0.15, 0.2) is 5.15 Å². The Balaban J connectivity index is 2.59. The molecule has 0 N–H and O–H groups in total. The predicted octanol–water partition coefficient (Wildman–Crippen LogP) is 1.32. The number of rotatable bonds is 2. The highest BCUT2D eigenvalue weighted by atomic mass is 35.5. The molecule has 0 aliphatic carbocycles. The van der Waals surface area contributed by atoms with Crippen molar-refractivity contribution in [2.24, 2.45) is 7.05 Å². The summed E-state index contributed by atoms with van der Waals surface area (Å²) in [7, 11) is 1.56. The van der Waals surface area contributed by atoms with Crippen LogP contribution in [-0.2, 0) is 13.6 Å². The monoisotopic (exact) mass is 238 g/mol. The molecule has 0 aliphatic rings. The van der Waals surface area contributed by atoms with Crippen molar-refractivity contribution < 1.29 is 0 Å². The predicted molar refractivity (Wildman–Crippen MR) is 61.4 cm³/mol. The standard InChI is InChI=1S/C10H11ClN4O/c1-3-15-5-4-8(12-15)7-6-9(11)13-14(2)10(7)16/h4-6H,3H2,1-2H3. The second-order valence-corrected chi connectivity index (χ2v) is 3.75. The fourth-order valence-corrected chi connectivity index (χ4v) is 1.66. The minimum absolute atomic E-state index is 0.203. The SMILES string of the molecule is CCn1ccc(-c2cc(Cl)nn(C)c2=O)n1. The fraction of sp³-hybridized carbons (Fsp3) is 0.300. The third-order valence-electron chi connectivity index (χ3n) is 2.27. The number of aromatic nitrogens is 4. The Kier molecular flexibility index (Phi) is 2.78. The highest BCUT2D eigenvalue weighted by molar-refractivity contribution is 6.29. The molecule has 5 nitrogen and oxygen atoms in total. The highest BCUT2D eigenvalue weighted by Gasteiger charge is 2.10. The van der Waals surface area contributed by atoms with Gasteiger partial charge in [0, 0.05) is 19.8 Å². The van der Waals surface area contributed by atoms with Crippen LogP contribution < -0.4 is 5.56 Å². The Morgan fingerprint density at radius 1 is 1.44 bits per heavy atom. The minimum atomic E-state index is -0.203. The van der Waals surface area contributed by atoms with E-state index in [4.69, 9.17) is 11.6 Å². The number of nitrogens with zero attached hydrogens (tertiary/aromatic N) is 4. The summed E-state index contributed by atoms with van der Waals surface area (Å²) in [5.41, 5.74) is 0.882. The Morgan fingerprint density at radius 3 is 2.81 bits per heavy atom. The van der Waals surface area contributed by atoms with Gasteiger partial charge >= 0.3 is 0 Å². The quantitative estimate of drug-likeness (QED) is 0.793. The van der Waals surface area contributed by atoms with Gasteiger partial charge in [0.25, 0.3) is 5.56 Å². The van der Waals surface area contributed by atoms with Crippen LogP contribution in [0.15, 0.2) is 23.1 Å². The van der Waals surface area contributed by atoms with Gasteiger partial charge in [-0.15, -0.1) is 0 Å². The first-order valence-electron chi connectivity index (χ1n) is 4.89. The van der Waals surface area contributed by atoms with Gasteiger partial charge in [0.05, 0.1) is 11.3 Å². The number of hydrogen-bond donors (Lipinski definition) is 0. The topological polar surface area (TPSA) is 52.7 Å². The molecule has 2 aromatic heterocycles. The minimum Gasteiger partial charge on any atom is -0.272 e. The molecule has 2 rings (SSSR count). The molecule has 2 aromatic rings. The molecule has 0 radical (unpaired) electrons. The molecule has 16 heavy (non-hydrogen) atoms. The Hall–Kier alpha value is -1.62. The zero-order valence-corrected chi connectivity index (χ0v) is 9.77. The zero-order valence-electron chi connectivity index (χ0n) is 9.01. The maximum absolute atomic E-state index is 11.8. The molecule has 0 fully saturated rings. The lowest BCUT2D eigenvalue weighted by atomic mass is 10.2. The zero-order chi connectivity index (χ0) is 11.7. The molecule has 84 valence electrons. The van der Waals surface area contributed by atoms with Gasteiger partial charge in [0.2, 0.25) is 0 Å². The van der Waals surface area contributed by atoms with E-state index < -0.39 is 0 Å². The third kappa shape index (κ3) is 1.86. The van der Waals surface area contributed by atoms with Crippen molar-refractivity contribution >= 4 is 11.6 Å². The summed E-state index contributed by atoms with van der Waals surface area (Å²) in [5, 5.41) is 8.36. The van der Waals surface area contributed by atoms with Crippen LogP contribution in [0.2, 0.25) is 5.15 Å². The molecular weight excluding hydrogens is 228 g/mol. The van der Waals surface area contributed by atoms with E-state index in [1.807, 2.05) is 13.1 Å². The maximum atomic E-state index is 11.8. The molecule has 0 bridgehead atoms. The second kappa shape index (κ2) is 4.09. The summed E-state index contributed by atoms with van der Waals surface area (Å²) < 4.78 is 2.96. The van der Waals surface area contributed by atoms with E-state index in [-0.39, 0.29) is 10.7 Å². The Labute approximate surface area is 97.3 Å². The lowest BCUT2D eigenvalue weighted by Gasteiger charge is -2.01. The Morgan fingerprint density at radius 2 is 2.19 bits per heavy atom. The first-order valence-corrected chi connectivity index (χ1v) is 5.27. The molecule has 0 unspecified atom stereocenters. The molecular formula is C10H11ClN4O. The molecule has 0 spiro atoms. The summed E-state index contributed by atoms with van der Waals surface area (Å²) in [6.45, 7) is 2.74. The van der Waals surface area contributed by atoms with E-state index in [1.54, 1.807) is 17.8 Å². The van der Waals surface area contributed by atoms with E-state index in [2.05, 4.69) is 10.2 Å². The van der Waals surface area contributed by atoms with E-state index in [0.29, 0.717) is 11.3 Å². The summed E-state index contributed by atoms with van der Waals surface area (Å²) in [6.07, 6.45) is 1.82. The molecule has 0 saturated carbocycles. The first-order chi connectivity index (χ1) is 7.61. The fourth-order valence-electron chi connectivity index (χ4n) is 1.44. The van der Waals surface area contributed by atoms with Gasteiger partial charge in [-0.3, -0.25) is 9.48 Å². The van der Waals surface area contributed by atoms with E-state index in [1.165, 1.54) is 10.7 Å². The van der Waals surface area contributed by atoms with Crippen LogP contribution in [0.1, 0.15) is 6.92 Å². The van der Waals surface area contributed by atoms with Crippen molar-refractivity contribution in [3.63, 3.8) is 0 Å². The van der Waals surface area contributed by atoms with E-state index in [9.17, 15) is 4.79 Å². The summed E-state index contributed by atoms with van der Waals surface area (Å²) in [6, 6.07) is 3.32. The summed E-state index contributed by atoms with van der Waals surface area (Å²) in [4.78, 5) is 11.8. The molecule has 0 atom stereocenters. The molecule has 0 aromatic carbocycles. The van der Waals surface area contributed by atoms with Gasteiger partial charge < -0.3 is 0 Å². The largest absolute Gasteiger partial charge is 0.276 e. The van der Waals surface area contributed by atoms with Crippen LogP contribution in [0.5, 0.6) is 0 Å². The molecule has 0 saturated heterocycles. The lowest BCUT2D eigenvalue weighted by Crippen LogP contribution is -2.21. The molecule has 2 heterocycles. The first kappa shape index (κ1) is 10.9. The lowest BCUT2D eigenvalue weighted by molar-refractivity contribution is 0.660. The van der Waals surface area contributed by atoms with Crippen molar-refractivity contribution in [2.45, 2.75) is 13.5 Å². The van der Waals surface area contributed by atoms with Crippen molar-refractivity contribution in [1.29, 1.82) is 0 Å². The molecule has 0 aliphatic heterocycles. The van der Waals surface area contributed by atoms with Gasteiger partial charge in [-0.05, 0) is 19.1 Å². The normalized spacial score (nSPS) is 10.7. The van der Waals surface area contributed by atoms with Gasteiger partial charge in [-0.2, -0.15) is 10.2 Å². The highest BCUT2D eigenvalue weighted by Crippen LogP contribution is 2.15. The summed E-state index contributed by atoms with van der Waals surface area (Å²) >= 11 is 5.81. The summed E-state index contributed by atoms with van der Waals surface area (Å²) in [5.74, 6) is 0. The van der Waals surface area contributed by atoms with Gasteiger partial charge in [-0.1, -0.05) is 11.6 Å². The molecule has 0 amide bonds. The number of hydrogen-bond acceptors (Lipinski definition) is 3. The van der Waals surface area contributed by atoms with Crippen LogP contribution in [0, 0.1) is 0 Å². The molecule has 6 heteroatoms. The van der Waals surface area contributed by atoms with E-state index in [0.717, 1.165) is 6.54 Å². The average molecular weight is 239 g/mol. The van der Waals surface area contributed by atoms with Crippen molar-refractivity contribution in [3.05, 3.63) is 33.8 Å². The number of halogens is 1. The number of aryl methyl sites for hydroxylation is 2. The second-order valence-electron chi connectivity index (χ2n) is 3.37. The van der Waals surface area contributed by atoms with Crippen LogP contribution in [0.4, 0.5) is 0 Å². The van der Waals surface area contributed by atoms with Crippen molar-refractivity contribution in [1.82, 2.24) is 19.6 Å². The van der Waals surface area contributed by atoms with Crippen LogP contribution >= 0.6 is 11.6 Å². The van der Waals surface area contributed by atoms with Crippen LogP contribution in [-0.4, -0.2) is 19.6 Å². The third-order valence-corrected chi connectivity index (χ3v) is 2.46. The van der Waals surface area contributed by atoms with Crippen molar-refractivity contribution in [2.75, 3.05) is 0 Å². The maximum Gasteiger partial charge on any atom is 0.276 e. The Bertz CT molecular complexity index is 572. The van der Waals surface area contributed by atoms with Crippen molar-refractivity contribution in [3.8, 4) is 11.3 Å².